The maximum Gasteiger partial charge on any atom is 0.323 e. The maximum absolute atomic E-state index is 11.7. The van der Waals surface area contributed by atoms with Crippen LogP contribution in [0.4, 0.5) is 0 Å². The first-order chi connectivity index (χ1) is 8.26. The summed E-state index contributed by atoms with van der Waals surface area (Å²) in [7, 11) is 0. The summed E-state index contributed by atoms with van der Waals surface area (Å²) in [6, 6.07) is 0.446. The fraction of sp³-hybridized carbons (Fsp3) is 0.933. The summed E-state index contributed by atoms with van der Waals surface area (Å²) in [6.45, 7) is 9.79. The maximum atomic E-state index is 11.7. The molecule has 1 saturated heterocycles. The van der Waals surface area contributed by atoms with Crippen LogP contribution in [0.1, 0.15) is 59.8 Å². The molecule has 1 N–H and O–H groups in total. The molecule has 3 heteroatoms. The van der Waals surface area contributed by atoms with E-state index in [9.17, 15) is 9.90 Å². The van der Waals surface area contributed by atoms with E-state index >= 15 is 0 Å². The van der Waals surface area contributed by atoms with Crippen LogP contribution in [-0.4, -0.2) is 34.1 Å². The van der Waals surface area contributed by atoms with Crippen molar-refractivity contribution < 1.29 is 9.90 Å². The van der Waals surface area contributed by atoms with E-state index in [1.807, 2.05) is 6.92 Å². The number of hydrogen-bond acceptors (Lipinski definition) is 2. The van der Waals surface area contributed by atoms with Gasteiger partial charge < -0.3 is 5.11 Å². The molecule has 18 heavy (non-hydrogen) atoms. The summed E-state index contributed by atoms with van der Waals surface area (Å²) in [5.41, 5.74) is -0.279. The van der Waals surface area contributed by atoms with Gasteiger partial charge in [0.2, 0.25) is 0 Å². The highest BCUT2D eigenvalue weighted by molar-refractivity contribution is 5.78. The Morgan fingerprint density at radius 3 is 2.39 bits per heavy atom. The lowest BCUT2D eigenvalue weighted by molar-refractivity contribution is -0.155. The fourth-order valence-electron chi connectivity index (χ4n) is 4.18. The van der Waals surface area contributed by atoms with Crippen LogP contribution in [0.5, 0.6) is 0 Å². The van der Waals surface area contributed by atoms with Crippen molar-refractivity contribution in [1.29, 1.82) is 0 Å². The van der Waals surface area contributed by atoms with E-state index in [4.69, 9.17) is 0 Å². The topological polar surface area (TPSA) is 40.5 Å². The average molecular weight is 253 g/mol. The molecule has 0 aromatic rings. The number of nitrogens with zero attached hydrogens (tertiary/aromatic N) is 1. The summed E-state index contributed by atoms with van der Waals surface area (Å²) >= 11 is 0. The second kappa shape index (κ2) is 4.52. The lowest BCUT2D eigenvalue weighted by Crippen LogP contribution is -2.59. The van der Waals surface area contributed by atoms with Gasteiger partial charge in [-0.2, -0.15) is 0 Å². The van der Waals surface area contributed by atoms with Crippen molar-refractivity contribution in [2.45, 2.75) is 71.4 Å². The molecule has 0 aromatic carbocycles. The molecule has 1 heterocycles. The SMILES string of the molecule is CC1CC(C)(C)CC1N1CCCCC1(C)C(=O)O. The second-order valence-electron chi connectivity index (χ2n) is 7.35. The Labute approximate surface area is 111 Å². The molecule has 104 valence electrons. The number of carbonyl (C=O) groups is 1. The standard InChI is InChI=1S/C15H27NO2/c1-11-9-14(2,3)10-12(11)16-8-6-5-7-15(16,4)13(17)18/h11-12H,5-10H2,1-4H3,(H,17,18). The minimum absolute atomic E-state index is 0.362. The van der Waals surface area contributed by atoms with E-state index in [1.165, 1.54) is 6.42 Å². The van der Waals surface area contributed by atoms with Crippen LogP contribution >= 0.6 is 0 Å². The van der Waals surface area contributed by atoms with Gasteiger partial charge in [0.05, 0.1) is 0 Å². The molecule has 2 aliphatic rings. The number of likely N-dealkylation sites (tertiary alicyclic amines) is 1. The molecule has 1 aliphatic heterocycles. The summed E-state index contributed by atoms with van der Waals surface area (Å²) in [4.78, 5) is 14.0. The molecule has 0 aromatic heterocycles. The van der Waals surface area contributed by atoms with E-state index in [1.54, 1.807) is 0 Å². The Morgan fingerprint density at radius 2 is 1.89 bits per heavy atom. The summed E-state index contributed by atoms with van der Waals surface area (Å²) in [5.74, 6) is -0.0316. The van der Waals surface area contributed by atoms with Gasteiger partial charge in [0.25, 0.3) is 0 Å². The average Bonchev–Trinajstić information content (AvgIpc) is 2.52. The van der Waals surface area contributed by atoms with Crippen LogP contribution in [0, 0.1) is 11.3 Å². The number of carboxylic acid groups (broad SMARTS) is 1. The molecule has 0 amide bonds. The van der Waals surface area contributed by atoms with Gasteiger partial charge in [0, 0.05) is 6.04 Å². The third-order valence-electron chi connectivity index (χ3n) is 5.10. The lowest BCUT2D eigenvalue weighted by Gasteiger charge is -2.46. The van der Waals surface area contributed by atoms with E-state index in [2.05, 4.69) is 25.7 Å². The zero-order valence-electron chi connectivity index (χ0n) is 12.2. The lowest BCUT2D eigenvalue weighted by atomic mass is 9.85. The van der Waals surface area contributed by atoms with Crippen molar-refractivity contribution in [3.05, 3.63) is 0 Å². The molecular formula is C15H27NO2. The van der Waals surface area contributed by atoms with Crippen molar-refractivity contribution in [3.8, 4) is 0 Å². The van der Waals surface area contributed by atoms with Crippen molar-refractivity contribution in [3.63, 3.8) is 0 Å². The third kappa shape index (κ3) is 2.29. The number of piperidine rings is 1. The van der Waals surface area contributed by atoms with Crippen molar-refractivity contribution in [1.82, 2.24) is 4.90 Å². The van der Waals surface area contributed by atoms with E-state index < -0.39 is 11.5 Å². The second-order valence-corrected chi connectivity index (χ2v) is 7.35. The fourth-order valence-corrected chi connectivity index (χ4v) is 4.18. The first kappa shape index (κ1) is 13.9. The van der Waals surface area contributed by atoms with Crippen LogP contribution in [-0.2, 0) is 4.79 Å². The molecule has 0 bridgehead atoms. The molecule has 2 rings (SSSR count). The van der Waals surface area contributed by atoms with Crippen molar-refractivity contribution in [2.75, 3.05) is 6.54 Å². The zero-order chi connectivity index (χ0) is 13.6. The van der Waals surface area contributed by atoms with Gasteiger partial charge >= 0.3 is 5.97 Å². The van der Waals surface area contributed by atoms with Gasteiger partial charge in [-0.1, -0.05) is 20.8 Å². The molecule has 0 radical (unpaired) electrons. The molecule has 3 nitrogen and oxygen atoms in total. The number of aliphatic carboxylic acids is 1. The smallest absolute Gasteiger partial charge is 0.323 e. The number of rotatable bonds is 2. The van der Waals surface area contributed by atoms with Crippen LogP contribution in [0.15, 0.2) is 0 Å². The Bertz CT molecular complexity index is 339. The molecule has 2 fully saturated rings. The molecule has 3 atom stereocenters. The van der Waals surface area contributed by atoms with E-state index in [-0.39, 0.29) is 0 Å². The van der Waals surface area contributed by atoms with Crippen LogP contribution in [0.2, 0.25) is 0 Å². The predicted octanol–water partition coefficient (Wildman–Crippen LogP) is 3.14. The molecule has 3 unspecified atom stereocenters. The Balaban J connectivity index is 2.22. The minimum atomic E-state index is -0.641. The van der Waals surface area contributed by atoms with Gasteiger partial charge in [-0.25, -0.2) is 0 Å². The molecule has 0 spiro atoms. The van der Waals surface area contributed by atoms with Crippen molar-refractivity contribution >= 4 is 5.97 Å². The quantitative estimate of drug-likeness (QED) is 0.822. The van der Waals surface area contributed by atoms with E-state index in [0.717, 1.165) is 32.2 Å². The van der Waals surface area contributed by atoms with Gasteiger partial charge in [-0.15, -0.1) is 0 Å². The number of hydrogen-bond donors (Lipinski definition) is 1. The molecular weight excluding hydrogens is 226 g/mol. The van der Waals surface area contributed by atoms with Crippen LogP contribution in [0.25, 0.3) is 0 Å². The number of carboxylic acids is 1. The van der Waals surface area contributed by atoms with E-state index in [0.29, 0.717) is 17.4 Å². The zero-order valence-corrected chi connectivity index (χ0v) is 12.2. The van der Waals surface area contributed by atoms with Gasteiger partial charge in [0.15, 0.2) is 0 Å². The van der Waals surface area contributed by atoms with Gasteiger partial charge in [-0.05, 0) is 56.9 Å². The Morgan fingerprint density at radius 1 is 1.22 bits per heavy atom. The summed E-state index contributed by atoms with van der Waals surface area (Å²) < 4.78 is 0. The minimum Gasteiger partial charge on any atom is -0.480 e. The van der Waals surface area contributed by atoms with Crippen molar-refractivity contribution in [2.24, 2.45) is 11.3 Å². The van der Waals surface area contributed by atoms with Gasteiger partial charge in [-0.3, -0.25) is 9.69 Å². The normalized spacial score (nSPS) is 40.9. The first-order valence-electron chi connectivity index (χ1n) is 7.26. The summed E-state index contributed by atoms with van der Waals surface area (Å²) in [6.07, 6.45) is 5.34. The Kier molecular flexibility index (Phi) is 3.48. The first-order valence-corrected chi connectivity index (χ1v) is 7.26. The monoisotopic (exact) mass is 253 g/mol. The van der Waals surface area contributed by atoms with Gasteiger partial charge in [0.1, 0.15) is 5.54 Å². The van der Waals surface area contributed by atoms with Crippen LogP contribution in [0.3, 0.4) is 0 Å². The third-order valence-corrected chi connectivity index (χ3v) is 5.10. The highest BCUT2D eigenvalue weighted by Gasteiger charge is 2.49. The highest BCUT2D eigenvalue weighted by Crippen LogP contribution is 2.46. The molecule has 1 saturated carbocycles. The Hall–Kier alpha value is -0.570. The predicted molar refractivity (Wildman–Crippen MR) is 72.6 cm³/mol. The highest BCUT2D eigenvalue weighted by atomic mass is 16.4. The summed E-state index contributed by atoms with van der Waals surface area (Å²) in [5, 5.41) is 9.60. The van der Waals surface area contributed by atoms with Crippen LogP contribution < -0.4 is 0 Å². The largest absolute Gasteiger partial charge is 0.480 e. The molecule has 1 aliphatic carbocycles.